The first-order valence-corrected chi connectivity index (χ1v) is 9.52. The molecule has 0 radical (unpaired) electrons. The Morgan fingerprint density at radius 1 is 1.26 bits per heavy atom. The summed E-state index contributed by atoms with van der Waals surface area (Å²) < 4.78 is 10.4. The molecule has 2 fully saturated rings. The molecule has 7 nitrogen and oxygen atoms in total. The van der Waals surface area contributed by atoms with Gasteiger partial charge in [-0.15, -0.1) is 0 Å². The summed E-state index contributed by atoms with van der Waals surface area (Å²) in [5, 5.41) is 4.50. The third kappa shape index (κ3) is 3.98. The molecule has 2 aromatic rings. The number of nitrogens with zero attached hydrogens (tertiary/aromatic N) is 3. The van der Waals surface area contributed by atoms with Crippen LogP contribution in [0.2, 0.25) is 5.02 Å². The van der Waals surface area contributed by atoms with E-state index in [1.165, 1.54) is 0 Å². The van der Waals surface area contributed by atoms with Crippen LogP contribution in [0.1, 0.15) is 38.0 Å². The van der Waals surface area contributed by atoms with Crippen LogP contribution in [0.25, 0.3) is 11.4 Å². The van der Waals surface area contributed by atoms with Gasteiger partial charge in [0.1, 0.15) is 0 Å². The monoisotopic (exact) mass is 389 g/mol. The van der Waals surface area contributed by atoms with Crippen LogP contribution >= 0.6 is 11.6 Å². The second-order valence-electron chi connectivity index (χ2n) is 7.01. The van der Waals surface area contributed by atoms with Crippen molar-refractivity contribution in [1.29, 1.82) is 0 Å². The van der Waals surface area contributed by atoms with Gasteiger partial charge in [-0.05, 0) is 37.1 Å². The highest BCUT2D eigenvalue weighted by atomic mass is 35.5. The lowest BCUT2D eigenvalue weighted by Gasteiger charge is -2.23. The van der Waals surface area contributed by atoms with E-state index in [4.69, 9.17) is 20.9 Å². The largest absolute Gasteiger partial charge is 0.455 e. The molecule has 1 amide bonds. The molecule has 27 heavy (non-hydrogen) atoms. The SMILES string of the molecule is O=C(OCc1nc(-c2ccc(Cl)cc2)no1)[C@H]1CC(=O)N(C2CCCC2)C1. The lowest BCUT2D eigenvalue weighted by atomic mass is 10.1. The van der Waals surface area contributed by atoms with Gasteiger partial charge >= 0.3 is 5.97 Å². The van der Waals surface area contributed by atoms with Crippen LogP contribution in [0.4, 0.5) is 0 Å². The Hall–Kier alpha value is -2.41. The maximum Gasteiger partial charge on any atom is 0.311 e. The average molecular weight is 390 g/mol. The van der Waals surface area contributed by atoms with Crippen LogP contribution in [-0.2, 0) is 20.9 Å². The summed E-state index contributed by atoms with van der Waals surface area (Å²) in [7, 11) is 0. The molecule has 142 valence electrons. The van der Waals surface area contributed by atoms with Crippen LogP contribution in [-0.4, -0.2) is 39.5 Å². The number of amides is 1. The number of esters is 1. The van der Waals surface area contributed by atoms with Crippen LogP contribution in [0.5, 0.6) is 0 Å². The molecule has 0 N–H and O–H groups in total. The van der Waals surface area contributed by atoms with Gasteiger partial charge in [-0.3, -0.25) is 9.59 Å². The van der Waals surface area contributed by atoms with E-state index in [9.17, 15) is 9.59 Å². The average Bonchev–Trinajstić information content (AvgIpc) is 3.41. The molecule has 0 bridgehead atoms. The fraction of sp³-hybridized carbons (Fsp3) is 0.474. The molecule has 1 aliphatic heterocycles. The first-order valence-electron chi connectivity index (χ1n) is 9.15. The summed E-state index contributed by atoms with van der Waals surface area (Å²) in [6.07, 6.45) is 4.58. The van der Waals surface area contributed by atoms with Crippen molar-refractivity contribution in [2.45, 2.75) is 44.8 Å². The highest BCUT2D eigenvalue weighted by Gasteiger charge is 2.39. The number of halogens is 1. The summed E-state index contributed by atoms with van der Waals surface area (Å²) in [4.78, 5) is 30.6. The normalized spacial score (nSPS) is 20.4. The first kappa shape index (κ1) is 18.0. The number of aromatic nitrogens is 2. The maximum atomic E-state index is 12.3. The highest BCUT2D eigenvalue weighted by Crippen LogP contribution is 2.30. The Bertz CT molecular complexity index is 830. The van der Waals surface area contributed by atoms with Crippen molar-refractivity contribution in [3.8, 4) is 11.4 Å². The van der Waals surface area contributed by atoms with E-state index in [1.807, 2.05) is 4.90 Å². The molecule has 1 aromatic carbocycles. The molecule has 2 heterocycles. The number of carbonyl (C=O) groups is 2. The summed E-state index contributed by atoms with van der Waals surface area (Å²) in [5.41, 5.74) is 0.759. The number of benzene rings is 1. The fourth-order valence-electron chi connectivity index (χ4n) is 3.74. The van der Waals surface area contributed by atoms with Crippen molar-refractivity contribution in [2.75, 3.05) is 6.54 Å². The Morgan fingerprint density at radius 2 is 2.00 bits per heavy atom. The van der Waals surface area contributed by atoms with Crippen molar-refractivity contribution in [3.05, 3.63) is 35.2 Å². The van der Waals surface area contributed by atoms with E-state index in [-0.39, 0.29) is 30.9 Å². The van der Waals surface area contributed by atoms with Crippen LogP contribution in [0.15, 0.2) is 28.8 Å². The number of likely N-dealkylation sites (tertiary alicyclic amines) is 1. The van der Waals surface area contributed by atoms with Gasteiger partial charge in [-0.2, -0.15) is 4.98 Å². The fourth-order valence-corrected chi connectivity index (χ4v) is 3.86. The molecule has 0 unspecified atom stereocenters. The lowest BCUT2D eigenvalue weighted by molar-refractivity contribution is -0.150. The number of rotatable bonds is 5. The van der Waals surface area contributed by atoms with Crippen LogP contribution in [0.3, 0.4) is 0 Å². The van der Waals surface area contributed by atoms with E-state index in [1.54, 1.807) is 24.3 Å². The van der Waals surface area contributed by atoms with Gasteiger partial charge in [0.05, 0.1) is 5.92 Å². The Labute approximate surface area is 161 Å². The van der Waals surface area contributed by atoms with Crippen LogP contribution < -0.4 is 0 Å². The third-order valence-electron chi connectivity index (χ3n) is 5.17. The Morgan fingerprint density at radius 3 is 2.74 bits per heavy atom. The minimum atomic E-state index is -0.420. The number of ether oxygens (including phenoxy) is 1. The minimum absolute atomic E-state index is 0.0478. The zero-order valence-corrected chi connectivity index (χ0v) is 15.5. The van der Waals surface area contributed by atoms with Gasteiger partial charge < -0.3 is 14.2 Å². The molecule has 1 aromatic heterocycles. The van der Waals surface area contributed by atoms with E-state index in [2.05, 4.69) is 10.1 Å². The van der Waals surface area contributed by atoms with E-state index in [0.29, 0.717) is 17.4 Å². The molecule has 1 saturated carbocycles. The minimum Gasteiger partial charge on any atom is -0.455 e. The van der Waals surface area contributed by atoms with E-state index in [0.717, 1.165) is 31.2 Å². The van der Waals surface area contributed by atoms with Crippen molar-refractivity contribution >= 4 is 23.5 Å². The van der Waals surface area contributed by atoms with Crippen LogP contribution in [0, 0.1) is 5.92 Å². The molecule has 0 spiro atoms. The molecule has 1 atom stereocenters. The smallest absolute Gasteiger partial charge is 0.311 e. The maximum absolute atomic E-state index is 12.3. The lowest BCUT2D eigenvalue weighted by Crippen LogP contribution is -2.35. The van der Waals surface area contributed by atoms with Crippen molar-refractivity contribution in [3.63, 3.8) is 0 Å². The second kappa shape index (κ2) is 7.68. The molecule has 2 aliphatic rings. The number of carbonyl (C=O) groups excluding carboxylic acids is 2. The second-order valence-corrected chi connectivity index (χ2v) is 7.45. The Balaban J connectivity index is 1.32. The first-order chi connectivity index (χ1) is 13.1. The number of hydrogen-bond acceptors (Lipinski definition) is 6. The van der Waals surface area contributed by atoms with Gasteiger partial charge in [-0.1, -0.05) is 29.6 Å². The van der Waals surface area contributed by atoms with Gasteiger partial charge in [0.15, 0.2) is 6.61 Å². The van der Waals surface area contributed by atoms with Gasteiger partial charge in [0, 0.05) is 29.6 Å². The quantitative estimate of drug-likeness (QED) is 0.730. The summed E-state index contributed by atoms with van der Waals surface area (Å²) >= 11 is 5.86. The standard InChI is InChI=1S/C19H20ClN3O4/c20-14-7-5-12(6-8-14)18-21-16(27-22-18)11-26-19(25)13-9-17(24)23(10-13)15-3-1-2-4-15/h5-8,13,15H,1-4,9-11H2/t13-/m0/s1. The molecular formula is C19H20ClN3O4. The molecular weight excluding hydrogens is 370 g/mol. The van der Waals surface area contributed by atoms with Crippen molar-refractivity contribution in [1.82, 2.24) is 15.0 Å². The zero-order chi connectivity index (χ0) is 18.8. The molecule has 1 saturated heterocycles. The highest BCUT2D eigenvalue weighted by molar-refractivity contribution is 6.30. The Kier molecular flexibility index (Phi) is 5.11. The van der Waals surface area contributed by atoms with Gasteiger partial charge in [0.25, 0.3) is 5.89 Å². The van der Waals surface area contributed by atoms with Crippen molar-refractivity contribution < 1.29 is 18.8 Å². The molecule has 4 rings (SSSR count). The zero-order valence-electron chi connectivity index (χ0n) is 14.8. The molecule has 8 heteroatoms. The molecule has 1 aliphatic carbocycles. The third-order valence-corrected chi connectivity index (χ3v) is 5.42. The summed E-state index contributed by atoms with van der Waals surface area (Å²) in [6.45, 7) is 0.343. The van der Waals surface area contributed by atoms with E-state index >= 15 is 0 Å². The predicted molar refractivity (Wildman–Crippen MR) is 96.6 cm³/mol. The summed E-state index contributed by atoms with van der Waals surface area (Å²) in [6, 6.07) is 7.32. The summed E-state index contributed by atoms with van der Waals surface area (Å²) in [5.74, 6) is -0.148. The van der Waals surface area contributed by atoms with Crippen molar-refractivity contribution in [2.24, 2.45) is 5.92 Å². The predicted octanol–water partition coefficient (Wildman–Crippen LogP) is 3.22. The topological polar surface area (TPSA) is 85.5 Å². The van der Waals surface area contributed by atoms with Gasteiger partial charge in [0.2, 0.25) is 11.7 Å². The van der Waals surface area contributed by atoms with Gasteiger partial charge in [-0.25, -0.2) is 0 Å². The number of hydrogen-bond donors (Lipinski definition) is 0. The van der Waals surface area contributed by atoms with E-state index < -0.39 is 11.9 Å².